The minimum absolute atomic E-state index is 0.619. The van der Waals surface area contributed by atoms with Gasteiger partial charge in [-0.25, -0.2) is 0 Å². The van der Waals surface area contributed by atoms with E-state index in [4.69, 9.17) is 4.74 Å². The Kier molecular flexibility index (Phi) is 4.74. The lowest BCUT2D eigenvalue weighted by Gasteiger charge is -2.07. The van der Waals surface area contributed by atoms with Crippen LogP contribution in [0.4, 0.5) is 0 Å². The van der Waals surface area contributed by atoms with E-state index in [1.807, 2.05) is 36.4 Å². The first-order valence-corrected chi connectivity index (χ1v) is 10.1. The van der Waals surface area contributed by atoms with E-state index in [1.165, 1.54) is 16.3 Å². The normalized spacial score (nSPS) is 11.5. The summed E-state index contributed by atoms with van der Waals surface area (Å²) >= 11 is 0. The molecule has 1 heterocycles. The summed E-state index contributed by atoms with van der Waals surface area (Å²) in [6, 6.07) is 35.1. The van der Waals surface area contributed by atoms with Crippen LogP contribution in [0.1, 0.15) is 11.1 Å². The van der Waals surface area contributed by atoms with Gasteiger partial charge < -0.3 is 9.30 Å². The molecular weight excluding hydrogens is 380 g/mol. The van der Waals surface area contributed by atoms with Crippen molar-refractivity contribution in [1.82, 2.24) is 4.57 Å². The molecule has 3 nitrogen and oxygen atoms in total. The SMILES string of the molecule is COc1ccc(/C(C#N)=C/c2ccc3c(c2)c2ccccc2n3-c2ccccc2)cc1. The van der Waals surface area contributed by atoms with Crippen LogP contribution in [0.15, 0.2) is 97.1 Å². The summed E-state index contributed by atoms with van der Waals surface area (Å²) in [6.45, 7) is 0. The molecule has 0 unspecified atom stereocenters. The van der Waals surface area contributed by atoms with Crippen molar-refractivity contribution in [3.8, 4) is 17.5 Å². The minimum Gasteiger partial charge on any atom is -0.497 e. The van der Waals surface area contributed by atoms with Crippen molar-refractivity contribution in [3.63, 3.8) is 0 Å². The molecule has 148 valence electrons. The zero-order valence-electron chi connectivity index (χ0n) is 17.1. The summed E-state index contributed by atoms with van der Waals surface area (Å²) < 4.78 is 7.51. The predicted octanol–water partition coefficient (Wildman–Crippen LogP) is 6.86. The highest BCUT2D eigenvalue weighted by Crippen LogP contribution is 2.33. The summed E-state index contributed by atoms with van der Waals surface area (Å²) in [7, 11) is 1.64. The molecular formula is C28H20N2O. The van der Waals surface area contributed by atoms with Crippen LogP contribution in [0.25, 0.3) is 39.1 Å². The second kappa shape index (κ2) is 7.85. The molecule has 4 aromatic carbocycles. The Morgan fingerprint density at radius 1 is 0.806 bits per heavy atom. The third-order valence-corrected chi connectivity index (χ3v) is 5.54. The monoisotopic (exact) mass is 400 g/mol. The number of fused-ring (bicyclic) bond motifs is 3. The molecule has 1 aromatic heterocycles. The number of para-hydroxylation sites is 2. The van der Waals surface area contributed by atoms with E-state index in [-0.39, 0.29) is 0 Å². The Hall–Kier alpha value is -4.29. The molecule has 0 bridgehead atoms. The molecule has 0 aliphatic carbocycles. The van der Waals surface area contributed by atoms with E-state index in [1.54, 1.807) is 7.11 Å². The fraction of sp³-hybridized carbons (Fsp3) is 0.0357. The second-order valence-electron chi connectivity index (χ2n) is 7.36. The van der Waals surface area contributed by atoms with Crippen molar-refractivity contribution < 1.29 is 4.74 Å². The molecule has 0 amide bonds. The van der Waals surface area contributed by atoms with Crippen LogP contribution in [0.2, 0.25) is 0 Å². The van der Waals surface area contributed by atoms with Gasteiger partial charge in [-0.1, -0.05) is 42.5 Å². The van der Waals surface area contributed by atoms with Crippen LogP contribution >= 0.6 is 0 Å². The first-order valence-electron chi connectivity index (χ1n) is 10.1. The Balaban J connectivity index is 1.68. The fourth-order valence-electron chi connectivity index (χ4n) is 4.05. The number of nitrogens with zero attached hydrogens (tertiary/aromatic N) is 2. The van der Waals surface area contributed by atoms with E-state index < -0.39 is 0 Å². The first-order chi connectivity index (χ1) is 15.3. The molecule has 0 radical (unpaired) electrons. The summed E-state index contributed by atoms with van der Waals surface area (Å²) in [5, 5.41) is 12.1. The van der Waals surface area contributed by atoms with Gasteiger partial charge in [0.25, 0.3) is 0 Å². The van der Waals surface area contributed by atoms with Crippen molar-refractivity contribution >= 4 is 33.5 Å². The number of nitriles is 1. The van der Waals surface area contributed by atoms with Gasteiger partial charge in [-0.05, 0) is 71.8 Å². The Morgan fingerprint density at radius 2 is 1.52 bits per heavy atom. The largest absolute Gasteiger partial charge is 0.497 e. The van der Waals surface area contributed by atoms with Gasteiger partial charge >= 0.3 is 0 Å². The number of ether oxygens (including phenoxy) is 1. The number of benzene rings is 4. The van der Waals surface area contributed by atoms with Gasteiger partial charge in [-0.2, -0.15) is 5.26 Å². The van der Waals surface area contributed by atoms with Crippen LogP contribution < -0.4 is 4.74 Å². The van der Waals surface area contributed by atoms with Crippen LogP contribution in [-0.2, 0) is 0 Å². The molecule has 0 saturated carbocycles. The van der Waals surface area contributed by atoms with E-state index in [9.17, 15) is 5.26 Å². The average molecular weight is 400 g/mol. The van der Waals surface area contributed by atoms with Crippen molar-refractivity contribution in [2.45, 2.75) is 0 Å². The number of hydrogen-bond donors (Lipinski definition) is 0. The maximum atomic E-state index is 9.75. The highest BCUT2D eigenvalue weighted by atomic mass is 16.5. The highest BCUT2D eigenvalue weighted by molar-refractivity contribution is 6.10. The number of methoxy groups -OCH3 is 1. The molecule has 0 aliphatic rings. The number of hydrogen-bond acceptors (Lipinski definition) is 2. The van der Waals surface area contributed by atoms with Gasteiger partial charge in [-0.15, -0.1) is 0 Å². The molecule has 0 saturated heterocycles. The lowest BCUT2D eigenvalue weighted by atomic mass is 10.0. The van der Waals surface area contributed by atoms with Gasteiger partial charge in [0.2, 0.25) is 0 Å². The van der Waals surface area contributed by atoms with E-state index >= 15 is 0 Å². The predicted molar refractivity (Wildman–Crippen MR) is 127 cm³/mol. The molecule has 5 aromatic rings. The number of aromatic nitrogens is 1. The second-order valence-corrected chi connectivity index (χ2v) is 7.36. The quantitative estimate of drug-likeness (QED) is 0.244. The summed E-state index contributed by atoms with van der Waals surface area (Å²) in [4.78, 5) is 0. The van der Waals surface area contributed by atoms with Crippen molar-refractivity contribution in [2.24, 2.45) is 0 Å². The van der Waals surface area contributed by atoms with Gasteiger partial charge in [-0.3, -0.25) is 0 Å². The smallest absolute Gasteiger partial charge is 0.118 e. The molecule has 5 rings (SSSR count). The third-order valence-electron chi connectivity index (χ3n) is 5.54. The molecule has 0 N–H and O–H groups in total. The summed E-state index contributed by atoms with van der Waals surface area (Å²) in [5.74, 6) is 0.774. The first kappa shape index (κ1) is 18.7. The van der Waals surface area contributed by atoms with Crippen molar-refractivity contribution in [1.29, 1.82) is 5.26 Å². The fourth-order valence-corrected chi connectivity index (χ4v) is 4.05. The van der Waals surface area contributed by atoms with E-state index in [0.29, 0.717) is 5.57 Å². The maximum absolute atomic E-state index is 9.75. The maximum Gasteiger partial charge on any atom is 0.118 e. The lowest BCUT2D eigenvalue weighted by molar-refractivity contribution is 0.415. The van der Waals surface area contributed by atoms with Crippen LogP contribution in [0.5, 0.6) is 5.75 Å². The zero-order valence-corrected chi connectivity index (χ0v) is 17.1. The molecule has 0 fully saturated rings. The van der Waals surface area contributed by atoms with Crippen LogP contribution in [0.3, 0.4) is 0 Å². The van der Waals surface area contributed by atoms with Crippen molar-refractivity contribution in [3.05, 3.63) is 108 Å². The number of rotatable bonds is 4. The summed E-state index contributed by atoms with van der Waals surface area (Å²) in [6.07, 6.45) is 1.94. The molecule has 0 spiro atoms. The van der Waals surface area contributed by atoms with Crippen LogP contribution in [0, 0.1) is 11.3 Å². The molecule has 3 heteroatoms. The zero-order chi connectivity index (χ0) is 21.2. The van der Waals surface area contributed by atoms with E-state index in [0.717, 1.165) is 28.1 Å². The third kappa shape index (κ3) is 3.35. The van der Waals surface area contributed by atoms with Crippen molar-refractivity contribution in [2.75, 3.05) is 7.11 Å². The summed E-state index contributed by atoms with van der Waals surface area (Å²) in [5.41, 5.74) is 5.93. The highest BCUT2D eigenvalue weighted by Gasteiger charge is 2.12. The molecule has 0 atom stereocenters. The Labute approximate surface area is 181 Å². The van der Waals surface area contributed by atoms with Gasteiger partial charge in [0.05, 0.1) is 29.8 Å². The number of allylic oxidation sites excluding steroid dienone is 1. The average Bonchev–Trinajstić information content (AvgIpc) is 3.17. The van der Waals surface area contributed by atoms with Crippen LogP contribution in [-0.4, -0.2) is 11.7 Å². The molecule has 0 aliphatic heterocycles. The van der Waals surface area contributed by atoms with Gasteiger partial charge in [0.15, 0.2) is 0 Å². The van der Waals surface area contributed by atoms with Gasteiger partial charge in [0, 0.05) is 16.5 Å². The Morgan fingerprint density at radius 3 is 2.26 bits per heavy atom. The standard InChI is InChI=1S/C28H20N2O/c1-31-24-14-12-21(13-15-24)22(19-29)17-20-11-16-28-26(18-20)25-9-5-6-10-27(25)30(28)23-7-3-2-4-8-23/h2-18H,1H3/b22-17+. The minimum atomic E-state index is 0.619. The van der Waals surface area contributed by atoms with E-state index in [2.05, 4.69) is 77.4 Å². The molecule has 31 heavy (non-hydrogen) atoms. The Bertz CT molecular complexity index is 1450. The topological polar surface area (TPSA) is 37.9 Å². The lowest BCUT2D eigenvalue weighted by Crippen LogP contribution is -1.92. The van der Waals surface area contributed by atoms with Gasteiger partial charge in [0.1, 0.15) is 5.75 Å².